The number of phenols is 3. The van der Waals surface area contributed by atoms with Gasteiger partial charge in [-0.2, -0.15) is 0 Å². The van der Waals surface area contributed by atoms with E-state index in [2.05, 4.69) is 5.32 Å². The SMILES string of the molecule is O=C(Nc1ccccc1-c1ccccc1)c1ccc(O)c(O)c1O. The van der Waals surface area contributed by atoms with Gasteiger partial charge in [0.15, 0.2) is 11.5 Å². The topological polar surface area (TPSA) is 89.8 Å². The molecule has 0 aliphatic heterocycles. The molecule has 0 saturated carbocycles. The number of para-hydroxylation sites is 1. The number of carbonyl (C=O) groups excluding carboxylic acids is 1. The van der Waals surface area contributed by atoms with Crippen LogP contribution in [-0.4, -0.2) is 21.2 Å². The van der Waals surface area contributed by atoms with Gasteiger partial charge in [0, 0.05) is 11.3 Å². The number of benzene rings is 3. The number of amides is 1. The molecule has 5 nitrogen and oxygen atoms in total. The van der Waals surface area contributed by atoms with Crippen LogP contribution >= 0.6 is 0 Å². The number of anilines is 1. The van der Waals surface area contributed by atoms with Gasteiger partial charge in [-0.3, -0.25) is 4.79 Å². The molecule has 3 rings (SSSR count). The van der Waals surface area contributed by atoms with E-state index in [1.165, 1.54) is 6.07 Å². The van der Waals surface area contributed by atoms with Crippen LogP contribution < -0.4 is 5.32 Å². The molecule has 4 N–H and O–H groups in total. The Hall–Kier alpha value is -3.47. The van der Waals surface area contributed by atoms with Crippen molar-refractivity contribution in [2.45, 2.75) is 0 Å². The highest BCUT2D eigenvalue weighted by Crippen LogP contribution is 2.37. The van der Waals surface area contributed by atoms with Gasteiger partial charge in [-0.25, -0.2) is 0 Å². The molecule has 0 aliphatic rings. The molecule has 3 aromatic carbocycles. The van der Waals surface area contributed by atoms with E-state index in [1.54, 1.807) is 12.1 Å². The standard InChI is InChI=1S/C19H15NO4/c21-16-11-10-14(17(22)18(16)23)19(24)20-15-9-5-4-8-13(15)12-6-2-1-3-7-12/h1-11,21-23H,(H,20,24). The van der Waals surface area contributed by atoms with Crippen LogP contribution in [0.3, 0.4) is 0 Å². The minimum Gasteiger partial charge on any atom is -0.504 e. The number of hydrogen-bond donors (Lipinski definition) is 4. The highest BCUT2D eigenvalue weighted by molar-refractivity contribution is 6.08. The van der Waals surface area contributed by atoms with E-state index < -0.39 is 23.2 Å². The predicted octanol–water partition coefficient (Wildman–Crippen LogP) is 3.72. The molecule has 120 valence electrons. The molecular formula is C19H15NO4. The van der Waals surface area contributed by atoms with Crippen molar-refractivity contribution in [2.24, 2.45) is 0 Å². The van der Waals surface area contributed by atoms with Crippen LogP contribution in [-0.2, 0) is 0 Å². The fraction of sp³-hybridized carbons (Fsp3) is 0. The van der Waals surface area contributed by atoms with E-state index in [1.807, 2.05) is 42.5 Å². The van der Waals surface area contributed by atoms with Gasteiger partial charge in [-0.1, -0.05) is 48.5 Å². The largest absolute Gasteiger partial charge is 0.504 e. The van der Waals surface area contributed by atoms with Crippen molar-refractivity contribution in [3.05, 3.63) is 72.3 Å². The minimum absolute atomic E-state index is 0.131. The summed E-state index contributed by atoms with van der Waals surface area (Å²) in [6, 6.07) is 19.2. The monoisotopic (exact) mass is 321 g/mol. The molecule has 5 heteroatoms. The van der Waals surface area contributed by atoms with Crippen LogP contribution in [0.5, 0.6) is 17.2 Å². The summed E-state index contributed by atoms with van der Waals surface area (Å²) in [5, 5.41) is 31.5. The molecule has 0 radical (unpaired) electrons. The lowest BCUT2D eigenvalue weighted by Crippen LogP contribution is -2.12. The molecule has 0 aromatic heterocycles. The van der Waals surface area contributed by atoms with E-state index in [4.69, 9.17) is 0 Å². The first-order valence-electron chi connectivity index (χ1n) is 7.27. The molecule has 0 bridgehead atoms. The Bertz CT molecular complexity index is 891. The predicted molar refractivity (Wildman–Crippen MR) is 91.3 cm³/mol. The van der Waals surface area contributed by atoms with Gasteiger partial charge in [0.2, 0.25) is 5.75 Å². The fourth-order valence-corrected chi connectivity index (χ4v) is 2.40. The Kier molecular flexibility index (Phi) is 4.07. The number of rotatable bonds is 3. The zero-order valence-electron chi connectivity index (χ0n) is 12.6. The normalized spacial score (nSPS) is 10.3. The van der Waals surface area contributed by atoms with Crippen molar-refractivity contribution in [1.82, 2.24) is 0 Å². The molecular weight excluding hydrogens is 306 g/mol. The van der Waals surface area contributed by atoms with E-state index >= 15 is 0 Å². The van der Waals surface area contributed by atoms with Crippen molar-refractivity contribution >= 4 is 11.6 Å². The van der Waals surface area contributed by atoms with Gasteiger partial charge in [-0.05, 0) is 23.8 Å². The second-order valence-electron chi connectivity index (χ2n) is 5.20. The summed E-state index contributed by atoms with van der Waals surface area (Å²) in [5.41, 5.74) is 2.20. The number of aromatic hydroxyl groups is 3. The summed E-state index contributed by atoms with van der Waals surface area (Å²) in [4.78, 5) is 12.4. The number of hydrogen-bond acceptors (Lipinski definition) is 4. The first kappa shape index (κ1) is 15.4. The summed E-state index contributed by atoms with van der Waals surface area (Å²) in [6.07, 6.45) is 0. The van der Waals surface area contributed by atoms with E-state index in [-0.39, 0.29) is 5.56 Å². The van der Waals surface area contributed by atoms with Crippen molar-refractivity contribution < 1.29 is 20.1 Å². The van der Waals surface area contributed by atoms with Crippen LogP contribution in [0.1, 0.15) is 10.4 Å². The number of carbonyl (C=O) groups is 1. The maximum Gasteiger partial charge on any atom is 0.259 e. The van der Waals surface area contributed by atoms with E-state index in [0.717, 1.165) is 17.2 Å². The summed E-state index contributed by atoms with van der Waals surface area (Å²) < 4.78 is 0. The molecule has 1 amide bonds. The Morgan fingerprint density at radius 1 is 0.750 bits per heavy atom. The molecule has 0 atom stereocenters. The number of phenolic OH excluding ortho intramolecular Hbond substituents is 3. The second kappa shape index (κ2) is 6.34. The highest BCUT2D eigenvalue weighted by atomic mass is 16.3. The van der Waals surface area contributed by atoms with Crippen LogP contribution in [0.2, 0.25) is 0 Å². The van der Waals surface area contributed by atoms with Crippen molar-refractivity contribution in [1.29, 1.82) is 0 Å². The average molecular weight is 321 g/mol. The molecule has 0 heterocycles. The summed E-state index contributed by atoms with van der Waals surface area (Å²) in [5.74, 6) is -2.47. The van der Waals surface area contributed by atoms with Gasteiger partial charge in [0.25, 0.3) is 5.91 Å². The Morgan fingerprint density at radius 2 is 1.42 bits per heavy atom. The molecule has 0 unspecified atom stereocenters. The van der Waals surface area contributed by atoms with Gasteiger partial charge < -0.3 is 20.6 Å². The van der Waals surface area contributed by atoms with Crippen molar-refractivity contribution in [3.63, 3.8) is 0 Å². The fourth-order valence-electron chi connectivity index (χ4n) is 2.40. The van der Waals surface area contributed by atoms with E-state index in [0.29, 0.717) is 5.69 Å². The first-order chi connectivity index (χ1) is 11.6. The highest BCUT2D eigenvalue weighted by Gasteiger charge is 2.18. The molecule has 3 aromatic rings. The minimum atomic E-state index is -0.723. The lowest BCUT2D eigenvalue weighted by molar-refractivity contribution is 0.102. The maximum atomic E-state index is 12.4. The molecule has 0 aliphatic carbocycles. The van der Waals surface area contributed by atoms with Crippen LogP contribution in [0.25, 0.3) is 11.1 Å². The van der Waals surface area contributed by atoms with Gasteiger partial charge in [-0.15, -0.1) is 0 Å². The Labute approximate surface area is 138 Å². The molecule has 0 fully saturated rings. The molecule has 0 spiro atoms. The lowest BCUT2D eigenvalue weighted by Gasteiger charge is -2.12. The maximum absolute atomic E-state index is 12.4. The van der Waals surface area contributed by atoms with Crippen LogP contribution in [0.4, 0.5) is 5.69 Å². The van der Waals surface area contributed by atoms with Gasteiger partial charge in [0.05, 0.1) is 5.56 Å². The Morgan fingerprint density at radius 3 is 2.17 bits per heavy atom. The van der Waals surface area contributed by atoms with Crippen molar-refractivity contribution in [3.8, 4) is 28.4 Å². The third-order valence-corrected chi connectivity index (χ3v) is 3.63. The quantitative estimate of drug-likeness (QED) is 0.553. The zero-order chi connectivity index (χ0) is 17.1. The average Bonchev–Trinajstić information content (AvgIpc) is 2.61. The van der Waals surface area contributed by atoms with Crippen molar-refractivity contribution in [2.75, 3.05) is 5.32 Å². The van der Waals surface area contributed by atoms with Gasteiger partial charge in [0.1, 0.15) is 0 Å². The summed E-state index contributed by atoms with van der Waals surface area (Å²) in [7, 11) is 0. The van der Waals surface area contributed by atoms with Crippen LogP contribution in [0.15, 0.2) is 66.7 Å². The Balaban J connectivity index is 1.95. The smallest absolute Gasteiger partial charge is 0.259 e. The molecule has 24 heavy (non-hydrogen) atoms. The van der Waals surface area contributed by atoms with E-state index in [9.17, 15) is 20.1 Å². The summed E-state index contributed by atoms with van der Waals surface area (Å²) >= 11 is 0. The lowest BCUT2D eigenvalue weighted by atomic mass is 10.0. The summed E-state index contributed by atoms with van der Waals surface area (Å²) in [6.45, 7) is 0. The zero-order valence-corrected chi connectivity index (χ0v) is 12.6. The molecule has 0 saturated heterocycles. The second-order valence-corrected chi connectivity index (χ2v) is 5.20. The van der Waals surface area contributed by atoms with Gasteiger partial charge >= 0.3 is 0 Å². The first-order valence-corrected chi connectivity index (χ1v) is 7.27. The van der Waals surface area contributed by atoms with Crippen LogP contribution in [0, 0.1) is 0 Å². The number of nitrogens with one attached hydrogen (secondary N) is 1. The third-order valence-electron chi connectivity index (χ3n) is 3.63. The third kappa shape index (κ3) is 2.87.